The summed E-state index contributed by atoms with van der Waals surface area (Å²) in [6, 6.07) is 16.0. The topological polar surface area (TPSA) is 55.9 Å². The lowest BCUT2D eigenvalue weighted by atomic mass is 10.0. The van der Waals surface area contributed by atoms with E-state index in [0.717, 1.165) is 67.4 Å². The first-order valence-corrected chi connectivity index (χ1v) is 12.8. The average molecular weight is 483 g/mol. The molecule has 7 heteroatoms. The van der Waals surface area contributed by atoms with E-state index in [1.165, 1.54) is 0 Å². The molecule has 0 spiro atoms. The second-order valence-corrected chi connectivity index (χ2v) is 9.73. The Hall–Kier alpha value is -2.73. The van der Waals surface area contributed by atoms with Crippen molar-refractivity contribution >= 4 is 34.8 Å². The van der Waals surface area contributed by atoms with Crippen molar-refractivity contribution < 1.29 is 9.59 Å². The molecule has 0 radical (unpaired) electrons. The van der Waals surface area contributed by atoms with Gasteiger partial charge in [0.2, 0.25) is 5.91 Å². The first kappa shape index (κ1) is 24.4. The number of nitrogens with one attached hydrogen (secondary N) is 1. The lowest BCUT2D eigenvalue weighted by Gasteiger charge is -2.38. The van der Waals surface area contributed by atoms with E-state index < -0.39 is 0 Å². The van der Waals surface area contributed by atoms with Crippen LogP contribution in [0.4, 0.5) is 11.4 Å². The van der Waals surface area contributed by atoms with Crippen molar-refractivity contribution in [2.45, 2.75) is 39.2 Å². The fraction of sp³-hybridized carbons (Fsp3) is 0.481. The zero-order valence-corrected chi connectivity index (χ0v) is 20.9. The third kappa shape index (κ3) is 5.49. The maximum Gasteiger partial charge on any atom is 0.256 e. The number of rotatable bonds is 6. The number of halogens is 1. The summed E-state index contributed by atoms with van der Waals surface area (Å²) in [5, 5.41) is 3.94. The Balaban J connectivity index is 1.37. The largest absolute Gasteiger partial charge is 0.371 e. The van der Waals surface area contributed by atoms with E-state index in [2.05, 4.69) is 15.1 Å². The number of hydrogen-bond acceptors (Lipinski definition) is 4. The van der Waals surface area contributed by atoms with Gasteiger partial charge in [-0.05, 0) is 43.5 Å². The number of benzene rings is 2. The average Bonchev–Trinajstić information content (AvgIpc) is 2.88. The molecule has 2 aromatic rings. The molecule has 182 valence electrons. The molecule has 0 aliphatic carbocycles. The van der Waals surface area contributed by atoms with Crippen LogP contribution in [0.1, 0.15) is 43.5 Å². The zero-order chi connectivity index (χ0) is 24.1. The summed E-state index contributed by atoms with van der Waals surface area (Å²) in [5.74, 6) is 0.281. The Morgan fingerprint density at radius 1 is 0.912 bits per heavy atom. The standard InChI is InChI=1S/C27H35ClN4O2/c1-3-20(2)26(33)29-21-12-14-30(15-13-21)24-10-6-4-8-22(24)27(34)32-18-16-31(17-19-32)25-11-7-5-9-23(25)28/h4-11,20-21H,3,12-19H2,1-2H3,(H,29,33). The maximum absolute atomic E-state index is 13.5. The van der Waals surface area contributed by atoms with E-state index in [4.69, 9.17) is 11.6 Å². The third-order valence-corrected chi connectivity index (χ3v) is 7.46. The fourth-order valence-corrected chi connectivity index (χ4v) is 5.01. The number of carbonyl (C=O) groups is 2. The number of piperazine rings is 1. The quantitative estimate of drug-likeness (QED) is 0.661. The Morgan fingerprint density at radius 3 is 2.15 bits per heavy atom. The van der Waals surface area contributed by atoms with Gasteiger partial charge in [0.25, 0.3) is 5.91 Å². The van der Waals surface area contributed by atoms with Crippen LogP contribution in [0.25, 0.3) is 0 Å². The molecular formula is C27H35ClN4O2. The van der Waals surface area contributed by atoms with E-state index in [0.29, 0.717) is 13.1 Å². The van der Waals surface area contributed by atoms with E-state index >= 15 is 0 Å². The second-order valence-electron chi connectivity index (χ2n) is 9.33. The number of piperidine rings is 1. The number of amides is 2. The van der Waals surface area contributed by atoms with E-state index in [-0.39, 0.29) is 23.8 Å². The first-order chi connectivity index (χ1) is 16.5. The van der Waals surface area contributed by atoms with Gasteiger partial charge < -0.3 is 20.0 Å². The Kier molecular flexibility index (Phi) is 7.99. The van der Waals surface area contributed by atoms with Gasteiger partial charge in [0.1, 0.15) is 0 Å². The summed E-state index contributed by atoms with van der Waals surface area (Å²) in [5.41, 5.74) is 2.78. The summed E-state index contributed by atoms with van der Waals surface area (Å²) >= 11 is 6.37. The number of carbonyl (C=O) groups excluding carboxylic acids is 2. The van der Waals surface area contributed by atoms with Gasteiger partial charge in [-0.15, -0.1) is 0 Å². The van der Waals surface area contributed by atoms with Crippen LogP contribution in [0.3, 0.4) is 0 Å². The van der Waals surface area contributed by atoms with Crippen molar-refractivity contribution in [1.29, 1.82) is 0 Å². The van der Waals surface area contributed by atoms with Crippen molar-refractivity contribution in [3.8, 4) is 0 Å². The number of nitrogens with zero attached hydrogens (tertiary/aromatic N) is 3. The predicted molar refractivity (Wildman–Crippen MR) is 139 cm³/mol. The van der Waals surface area contributed by atoms with Crippen LogP contribution in [-0.2, 0) is 4.79 Å². The van der Waals surface area contributed by atoms with Gasteiger partial charge in [-0.3, -0.25) is 9.59 Å². The van der Waals surface area contributed by atoms with Crippen molar-refractivity contribution in [2.75, 3.05) is 49.1 Å². The SMILES string of the molecule is CCC(C)C(=O)NC1CCN(c2ccccc2C(=O)N2CCN(c3ccccc3Cl)CC2)CC1. The minimum Gasteiger partial charge on any atom is -0.371 e. The molecule has 34 heavy (non-hydrogen) atoms. The molecule has 0 bridgehead atoms. The molecule has 4 rings (SSSR count). The summed E-state index contributed by atoms with van der Waals surface area (Å²) in [6.45, 7) is 8.53. The van der Waals surface area contributed by atoms with E-state index in [1.807, 2.05) is 67.3 Å². The van der Waals surface area contributed by atoms with Gasteiger partial charge in [-0.25, -0.2) is 0 Å². The lowest BCUT2D eigenvalue weighted by Crippen LogP contribution is -2.49. The monoisotopic (exact) mass is 482 g/mol. The van der Waals surface area contributed by atoms with Crippen LogP contribution in [0, 0.1) is 5.92 Å². The van der Waals surface area contributed by atoms with Gasteiger partial charge in [-0.2, -0.15) is 0 Å². The Bertz CT molecular complexity index is 998. The maximum atomic E-state index is 13.5. The summed E-state index contributed by atoms with van der Waals surface area (Å²) in [4.78, 5) is 32.2. The third-order valence-electron chi connectivity index (χ3n) is 7.14. The van der Waals surface area contributed by atoms with Crippen LogP contribution < -0.4 is 15.1 Å². The molecule has 6 nitrogen and oxygen atoms in total. The number of anilines is 2. The highest BCUT2D eigenvalue weighted by Crippen LogP contribution is 2.28. The van der Waals surface area contributed by atoms with Gasteiger partial charge in [-0.1, -0.05) is 49.7 Å². The molecule has 2 saturated heterocycles. The molecule has 1 unspecified atom stereocenters. The molecule has 2 amide bonds. The molecule has 2 heterocycles. The number of hydrogen-bond donors (Lipinski definition) is 1. The highest BCUT2D eigenvalue weighted by Gasteiger charge is 2.28. The van der Waals surface area contributed by atoms with E-state index in [1.54, 1.807) is 0 Å². The molecule has 1 N–H and O–H groups in total. The van der Waals surface area contributed by atoms with Gasteiger partial charge in [0, 0.05) is 56.9 Å². The van der Waals surface area contributed by atoms with Crippen LogP contribution >= 0.6 is 11.6 Å². The van der Waals surface area contributed by atoms with E-state index in [9.17, 15) is 9.59 Å². The zero-order valence-electron chi connectivity index (χ0n) is 20.2. The van der Waals surface area contributed by atoms with Crippen molar-refractivity contribution in [2.24, 2.45) is 5.92 Å². The Labute approximate surface area is 207 Å². The summed E-state index contributed by atoms with van der Waals surface area (Å²) in [7, 11) is 0. The molecule has 1 atom stereocenters. The van der Waals surface area contributed by atoms with Crippen LogP contribution in [0.15, 0.2) is 48.5 Å². The Morgan fingerprint density at radius 2 is 1.50 bits per heavy atom. The highest BCUT2D eigenvalue weighted by molar-refractivity contribution is 6.33. The molecule has 0 aromatic heterocycles. The van der Waals surface area contributed by atoms with Crippen LogP contribution in [0.2, 0.25) is 5.02 Å². The minimum atomic E-state index is 0.0507. The van der Waals surface area contributed by atoms with Gasteiger partial charge >= 0.3 is 0 Å². The lowest BCUT2D eigenvalue weighted by molar-refractivity contribution is -0.125. The van der Waals surface area contributed by atoms with Crippen LogP contribution in [0.5, 0.6) is 0 Å². The smallest absolute Gasteiger partial charge is 0.256 e. The molecule has 0 saturated carbocycles. The number of para-hydroxylation sites is 2. The molecular weight excluding hydrogens is 448 g/mol. The summed E-state index contributed by atoms with van der Waals surface area (Å²) in [6.07, 6.45) is 2.63. The van der Waals surface area contributed by atoms with Crippen molar-refractivity contribution in [3.05, 3.63) is 59.1 Å². The first-order valence-electron chi connectivity index (χ1n) is 12.4. The van der Waals surface area contributed by atoms with Crippen LogP contribution in [-0.4, -0.2) is 62.0 Å². The summed E-state index contributed by atoms with van der Waals surface area (Å²) < 4.78 is 0. The van der Waals surface area contributed by atoms with Crippen molar-refractivity contribution in [1.82, 2.24) is 10.2 Å². The predicted octanol–water partition coefficient (Wildman–Crippen LogP) is 4.43. The molecule has 2 aliphatic rings. The molecule has 2 aliphatic heterocycles. The van der Waals surface area contributed by atoms with Crippen molar-refractivity contribution in [3.63, 3.8) is 0 Å². The second kappa shape index (κ2) is 11.1. The fourth-order valence-electron chi connectivity index (χ4n) is 4.75. The molecule has 2 fully saturated rings. The molecule has 2 aromatic carbocycles. The normalized spacial score (nSPS) is 18.0. The van der Waals surface area contributed by atoms with Gasteiger partial charge in [0.15, 0.2) is 0 Å². The minimum absolute atomic E-state index is 0.0507. The van der Waals surface area contributed by atoms with Gasteiger partial charge in [0.05, 0.1) is 16.3 Å². The highest BCUT2D eigenvalue weighted by atomic mass is 35.5.